The number of benzene rings is 15. The van der Waals surface area contributed by atoms with E-state index in [1.165, 1.54) is 215 Å². The molecule has 0 N–H and O–H groups in total. The molecule has 6 heterocycles. The molecule has 6 heteroatoms. The Bertz CT molecular complexity index is 7610. The number of hydrogen-bond acceptors (Lipinski definition) is 3. The Morgan fingerprint density at radius 1 is 0.156 bits per heavy atom. The molecule has 0 bridgehead atoms. The molecule has 6 aliphatic carbocycles. The number of imidazole rings is 3. The first-order valence-corrected chi connectivity index (χ1v) is 52.0. The third kappa shape index (κ3) is 18.4. The summed E-state index contributed by atoms with van der Waals surface area (Å²) in [6.07, 6.45) is 5.90. The number of pyridine rings is 3. The maximum absolute atomic E-state index is 5.23. The van der Waals surface area contributed by atoms with E-state index in [-0.39, 0.29) is 0 Å². The van der Waals surface area contributed by atoms with Crippen LogP contribution in [-0.4, -0.2) is 28.2 Å². The zero-order valence-corrected chi connectivity index (χ0v) is 87.1. The molecular weight excluding hydrogens is 1630 g/mol. The number of rotatable bonds is 0. The lowest BCUT2D eigenvalue weighted by atomic mass is 9.95. The topological polar surface area (TPSA) is 51.9 Å². The minimum Gasteiger partial charge on any atom is -0.292 e. The SMILES string of the molecule is CC.CC.CC.CC.CC.CC.CC.CC.CC.CC.CC.CC.CC.CC.CC.c1ccc2c(c1)Cc1cc3c(cc1-2)c1cc2c(cc1n1c4ccccc4nc31)Cc1ccccc1-2.c1ccc2c(c1)Cc1cc3c(cc1-2)c1ccc2c(c1c1nc4ccccc4n31)Cc1ccccc1-2.c1ccc2c(c1)Cc1cc3c4ccc5c(c4c4nc6ccccc6n4c3cc1-2)Cc1ccccc1-5. The normalized spacial score (nSPS) is 11.2. The average molecular weight is 1780 g/mol. The smallest absolute Gasteiger partial charge is 0.146 e. The molecule has 6 nitrogen and oxygen atoms in total. The van der Waals surface area contributed by atoms with Crippen LogP contribution in [0.2, 0.25) is 0 Å². The lowest BCUT2D eigenvalue weighted by Crippen LogP contribution is -1.96. The standard InChI is InChI=1S/3C33H20N2.15C2H6/c1-4-10-23-19(7-1)15-21-17-31-27(18-26(21)23)25-14-13-24-22-9-3-2-8-20(22)16-28(24)32(25)33-34-29-11-5-6-12-30(29)35(31)33;1-4-10-23-19(7-1)15-21-17-27-25-14-13-24-22-9-3-2-8-20(22)16-28(24)32(25)33-34-29-11-5-6-12-30(29)35(33)31(27)18-26(21)23;1-3-9-23-19(7-1)13-21-15-29-27(17-25(21)23)28-18-26-22(14-20-8-2-4-10-24(20)26)16-32(28)35-31-12-6-5-11-30(31)34-33(29)35;15*1-2/h2*1-14,17-18H,15-16H2;1-12,15-18H,13-14H2;15*1-2H3. The molecular formula is C129H150N6. The van der Waals surface area contributed by atoms with Crippen LogP contribution >= 0.6 is 0 Å². The van der Waals surface area contributed by atoms with Crippen molar-refractivity contribution in [2.24, 2.45) is 0 Å². The van der Waals surface area contributed by atoms with E-state index in [1.54, 1.807) is 0 Å². The van der Waals surface area contributed by atoms with E-state index in [0.717, 1.165) is 72.0 Å². The van der Waals surface area contributed by atoms with E-state index in [0.29, 0.717) is 0 Å². The van der Waals surface area contributed by atoms with Crippen LogP contribution in [0.25, 0.3) is 182 Å². The highest BCUT2D eigenvalue weighted by Crippen LogP contribution is 2.51. The second-order valence-corrected chi connectivity index (χ2v) is 29.9. The van der Waals surface area contributed by atoms with Gasteiger partial charge < -0.3 is 0 Å². The molecule has 0 atom stereocenters. The van der Waals surface area contributed by atoms with Crippen LogP contribution in [0.5, 0.6) is 0 Å². The molecule has 0 aliphatic heterocycles. The Kier molecular flexibility index (Phi) is 37.7. The van der Waals surface area contributed by atoms with E-state index < -0.39 is 0 Å². The number of hydrogen-bond donors (Lipinski definition) is 0. The first-order chi connectivity index (χ1) is 67.0. The fourth-order valence-corrected chi connectivity index (χ4v) is 20.0. The number of fused-ring (bicyclic) bond motifs is 44. The molecule has 0 fully saturated rings. The van der Waals surface area contributed by atoms with E-state index >= 15 is 0 Å². The highest BCUT2D eigenvalue weighted by Gasteiger charge is 2.31. The predicted molar refractivity (Wildman–Crippen MR) is 603 cm³/mol. The minimum atomic E-state index is 0.959. The first kappa shape index (κ1) is 104. The predicted octanol–water partition coefficient (Wildman–Crippen LogP) is 39.2. The van der Waals surface area contributed by atoms with Gasteiger partial charge in [-0.2, -0.15) is 0 Å². The van der Waals surface area contributed by atoms with Crippen molar-refractivity contribution < 1.29 is 0 Å². The lowest BCUT2D eigenvalue weighted by molar-refractivity contribution is 1.24. The monoisotopic (exact) mass is 1780 g/mol. The van der Waals surface area contributed by atoms with Crippen molar-refractivity contribution in [3.05, 3.63) is 358 Å². The van der Waals surface area contributed by atoms with E-state index in [4.69, 9.17) is 15.0 Å². The zero-order chi connectivity index (χ0) is 98.0. The maximum atomic E-state index is 5.23. The Morgan fingerprint density at radius 3 is 0.719 bits per heavy atom. The molecule has 0 unspecified atom stereocenters. The van der Waals surface area contributed by atoms with Crippen molar-refractivity contribution in [1.82, 2.24) is 28.2 Å². The average Bonchev–Trinajstić information content (AvgIpc) is 1.56. The molecule has 6 aliphatic rings. The molecule has 0 saturated carbocycles. The van der Waals surface area contributed by atoms with Crippen LogP contribution in [0.4, 0.5) is 0 Å². The fourth-order valence-electron chi connectivity index (χ4n) is 20.0. The van der Waals surface area contributed by atoms with Crippen molar-refractivity contribution in [2.45, 2.75) is 246 Å². The quantitative estimate of drug-likeness (QED) is 0.142. The number of aromatic nitrogens is 6. The highest BCUT2D eigenvalue weighted by atomic mass is 15.0. The zero-order valence-electron chi connectivity index (χ0n) is 87.1. The van der Waals surface area contributed by atoms with E-state index in [2.05, 4.69) is 304 Å². The van der Waals surface area contributed by atoms with Gasteiger partial charge in [0.05, 0.1) is 49.7 Å². The van der Waals surface area contributed by atoms with Crippen molar-refractivity contribution >= 4 is 115 Å². The van der Waals surface area contributed by atoms with Gasteiger partial charge >= 0.3 is 0 Å². The van der Waals surface area contributed by atoms with Gasteiger partial charge in [-0.3, -0.25) is 13.2 Å². The van der Waals surface area contributed by atoms with Gasteiger partial charge in [0.25, 0.3) is 0 Å². The number of para-hydroxylation sites is 6. The van der Waals surface area contributed by atoms with Crippen LogP contribution in [0.15, 0.2) is 291 Å². The van der Waals surface area contributed by atoms with Crippen molar-refractivity contribution in [3.63, 3.8) is 0 Å². The van der Waals surface area contributed by atoms with Crippen LogP contribution in [0, 0.1) is 0 Å². The summed E-state index contributed by atoms with van der Waals surface area (Å²) in [7, 11) is 0. The van der Waals surface area contributed by atoms with E-state index in [9.17, 15) is 0 Å². The molecule has 6 aromatic heterocycles. The van der Waals surface area contributed by atoms with Crippen LogP contribution in [0.3, 0.4) is 0 Å². The van der Waals surface area contributed by atoms with Crippen LogP contribution in [-0.2, 0) is 38.5 Å². The van der Waals surface area contributed by atoms with Crippen molar-refractivity contribution in [3.8, 4) is 66.8 Å². The van der Waals surface area contributed by atoms with Gasteiger partial charge in [0.15, 0.2) is 0 Å². The van der Waals surface area contributed by atoms with E-state index in [1.807, 2.05) is 208 Å². The third-order valence-electron chi connectivity index (χ3n) is 24.6. The second-order valence-electron chi connectivity index (χ2n) is 29.9. The first-order valence-electron chi connectivity index (χ1n) is 52.0. The van der Waals surface area contributed by atoms with Gasteiger partial charge in [-0.1, -0.05) is 414 Å². The fraction of sp³-hybridized carbons (Fsp3) is 0.279. The molecule has 0 spiro atoms. The summed E-state index contributed by atoms with van der Waals surface area (Å²) >= 11 is 0. The Hall–Kier alpha value is -13.3. The molecule has 21 aromatic rings. The van der Waals surface area contributed by atoms with Crippen molar-refractivity contribution in [2.75, 3.05) is 0 Å². The Labute approximate surface area is 808 Å². The summed E-state index contributed by atoms with van der Waals surface area (Å²) in [5.41, 5.74) is 47.0. The van der Waals surface area contributed by atoms with Crippen LogP contribution in [0.1, 0.15) is 274 Å². The summed E-state index contributed by atoms with van der Waals surface area (Å²) in [6.45, 7) is 60.0. The summed E-state index contributed by atoms with van der Waals surface area (Å²) in [5, 5.41) is 11.7. The van der Waals surface area contributed by atoms with Gasteiger partial charge in [-0.05, 0) is 273 Å². The minimum absolute atomic E-state index is 0.959. The molecule has 696 valence electrons. The molecule has 135 heavy (non-hydrogen) atoms. The van der Waals surface area contributed by atoms with Gasteiger partial charge in [0.2, 0.25) is 0 Å². The largest absolute Gasteiger partial charge is 0.292 e. The third-order valence-corrected chi connectivity index (χ3v) is 24.6. The van der Waals surface area contributed by atoms with Gasteiger partial charge in [-0.25, -0.2) is 15.0 Å². The van der Waals surface area contributed by atoms with Gasteiger partial charge in [-0.15, -0.1) is 0 Å². The van der Waals surface area contributed by atoms with Gasteiger partial charge in [0.1, 0.15) is 16.9 Å². The Morgan fingerprint density at radius 2 is 0.385 bits per heavy atom. The highest BCUT2D eigenvalue weighted by molar-refractivity contribution is 6.21. The molecule has 0 radical (unpaired) electrons. The summed E-state index contributed by atoms with van der Waals surface area (Å²) in [6, 6.07) is 108. The molecule has 0 saturated heterocycles. The molecule has 15 aromatic carbocycles. The molecule has 27 rings (SSSR count). The summed E-state index contributed by atoms with van der Waals surface area (Å²) in [5.74, 6) is 0. The number of nitrogens with zero attached hydrogens (tertiary/aromatic N) is 6. The molecule has 0 amide bonds. The maximum Gasteiger partial charge on any atom is 0.146 e. The summed E-state index contributed by atoms with van der Waals surface area (Å²) < 4.78 is 7.22. The van der Waals surface area contributed by atoms with Crippen LogP contribution < -0.4 is 0 Å². The summed E-state index contributed by atoms with van der Waals surface area (Å²) in [4.78, 5) is 15.6. The van der Waals surface area contributed by atoms with Gasteiger partial charge in [0, 0.05) is 32.3 Å². The van der Waals surface area contributed by atoms with Crippen molar-refractivity contribution in [1.29, 1.82) is 0 Å². The lowest BCUT2D eigenvalue weighted by Gasteiger charge is -2.14. The Balaban J connectivity index is 0.000000184. The second kappa shape index (κ2) is 49.1.